The molecule has 0 saturated heterocycles. The van der Waals surface area contributed by atoms with Gasteiger partial charge < -0.3 is 5.32 Å². The Morgan fingerprint density at radius 2 is 2.19 bits per heavy atom. The van der Waals surface area contributed by atoms with Crippen molar-refractivity contribution in [2.75, 3.05) is 6.54 Å². The number of hydrogen-bond acceptors (Lipinski definition) is 4. The Bertz CT molecular complexity index is 567. The molecule has 21 heavy (non-hydrogen) atoms. The fraction of sp³-hybridized carbons (Fsp3) is 0.533. The lowest BCUT2D eigenvalue weighted by atomic mass is 10.0. The van der Waals surface area contributed by atoms with E-state index in [1.165, 1.54) is 6.20 Å². The van der Waals surface area contributed by atoms with E-state index in [4.69, 9.17) is 0 Å². The predicted octanol–water partition coefficient (Wildman–Crippen LogP) is 2.68. The van der Waals surface area contributed by atoms with Crippen molar-refractivity contribution in [2.45, 2.75) is 45.7 Å². The van der Waals surface area contributed by atoms with Crippen LogP contribution in [0, 0.1) is 5.82 Å². The zero-order valence-corrected chi connectivity index (χ0v) is 12.8. The van der Waals surface area contributed by atoms with Gasteiger partial charge in [-0.1, -0.05) is 6.92 Å². The molecule has 114 valence electrons. The Morgan fingerprint density at radius 1 is 1.38 bits per heavy atom. The quantitative estimate of drug-likeness (QED) is 0.852. The third-order valence-electron chi connectivity index (χ3n) is 3.34. The number of rotatable bonds is 7. The molecule has 5 nitrogen and oxygen atoms in total. The summed E-state index contributed by atoms with van der Waals surface area (Å²) in [5.41, 5.74) is 0.622. The van der Waals surface area contributed by atoms with Crippen LogP contribution in [0.25, 0.3) is 0 Å². The molecule has 6 heteroatoms. The molecule has 2 aromatic heterocycles. The fourth-order valence-corrected chi connectivity index (χ4v) is 2.31. The lowest BCUT2D eigenvalue weighted by Gasteiger charge is -2.20. The Morgan fingerprint density at radius 3 is 2.86 bits per heavy atom. The van der Waals surface area contributed by atoms with Gasteiger partial charge >= 0.3 is 0 Å². The van der Waals surface area contributed by atoms with Gasteiger partial charge in [0.25, 0.3) is 0 Å². The molecule has 0 spiro atoms. The lowest BCUT2D eigenvalue weighted by molar-refractivity contribution is 0.451. The third kappa shape index (κ3) is 3.85. The number of nitrogens with zero attached hydrogens (tertiary/aromatic N) is 4. The van der Waals surface area contributed by atoms with Crippen molar-refractivity contribution < 1.29 is 4.39 Å². The average Bonchev–Trinajstić information content (AvgIpc) is 2.92. The zero-order valence-electron chi connectivity index (χ0n) is 12.8. The van der Waals surface area contributed by atoms with E-state index >= 15 is 0 Å². The van der Waals surface area contributed by atoms with E-state index in [2.05, 4.69) is 41.2 Å². The molecular weight excluding hydrogens is 269 g/mol. The van der Waals surface area contributed by atoms with Gasteiger partial charge in [0, 0.05) is 30.3 Å². The largest absolute Gasteiger partial charge is 0.309 e. The summed E-state index contributed by atoms with van der Waals surface area (Å²) in [6.45, 7) is 7.02. The summed E-state index contributed by atoms with van der Waals surface area (Å²) in [7, 11) is 0. The van der Waals surface area contributed by atoms with Crippen LogP contribution in [-0.2, 0) is 6.42 Å². The molecule has 0 aliphatic rings. The van der Waals surface area contributed by atoms with Gasteiger partial charge in [-0.3, -0.25) is 4.98 Å². The molecule has 0 aliphatic heterocycles. The van der Waals surface area contributed by atoms with Crippen molar-refractivity contribution in [1.29, 1.82) is 0 Å². The third-order valence-corrected chi connectivity index (χ3v) is 3.34. The second-order valence-electron chi connectivity index (χ2n) is 5.32. The van der Waals surface area contributed by atoms with Gasteiger partial charge in [0.1, 0.15) is 18.0 Å². The summed E-state index contributed by atoms with van der Waals surface area (Å²) in [5, 5.41) is 7.62. The predicted molar refractivity (Wildman–Crippen MR) is 79.3 cm³/mol. The highest BCUT2D eigenvalue weighted by molar-refractivity contribution is 5.19. The maximum atomic E-state index is 14.0. The van der Waals surface area contributed by atoms with Gasteiger partial charge in [0.15, 0.2) is 0 Å². The smallest absolute Gasteiger partial charge is 0.146 e. The molecule has 2 aromatic rings. The summed E-state index contributed by atoms with van der Waals surface area (Å²) >= 11 is 0. The van der Waals surface area contributed by atoms with E-state index in [9.17, 15) is 4.39 Å². The normalized spacial score (nSPS) is 12.8. The fourth-order valence-electron chi connectivity index (χ4n) is 2.31. The molecule has 0 saturated carbocycles. The molecule has 1 unspecified atom stereocenters. The van der Waals surface area contributed by atoms with Crippen LogP contribution in [0.1, 0.15) is 50.7 Å². The highest BCUT2D eigenvalue weighted by atomic mass is 19.1. The minimum atomic E-state index is -0.290. The number of hydrogen-bond donors (Lipinski definition) is 1. The highest BCUT2D eigenvalue weighted by Gasteiger charge is 2.19. The van der Waals surface area contributed by atoms with Crippen molar-refractivity contribution in [3.05, 3.63) is 42.0 Å². The first-order chi connectivity index (χ1) is 10.1. The van der Waals surface area contributed by atoms with Crippen LogP contribution in [0.3, 0.4) is 0 Å². The van der Waals surface area contributed by atoms with E-state index in [0.717, 1.165) is 18.8 Å². The summed E-state index contributed by atoms with van der Waals surface area (Å²) < 4.78 is 15.9. The molecule has 0 aliphatic carbocycles. The van der Waals surface area contributed by atoms with Crippen LogP contribution in [-0.4, -0.2) is 26.3 Å². The van der Waals surface area contributed by atoms with Gasteiger partial charge in [-0.25, -0.2) is 14.1 Å². The first-order valence-electron chi connectivity index (χ1n) is 7.34. The van der Waals surface area contributed by atoms with Gasteiger partial charge in [-0.05, 0) is 32.9 Å². The van der Waals surface area contributed by atoms with Gasteiger partial charge in [0.05, 0.1) is 6.20 Å². The molecule has 0 aromatic carbocycles. The van der Waals surface area contributed by atoms with E-state index in [0.29, 0.717) is 12.0 Å². The monoisotopic (exact) mass is 291 g/mol. The average molecular weight is 291 g/mol. The number of aromatic nitrogens is 4. The van der Waals surface area contributed by atoms with Gasteiger partial charge in [-0.2, -0.15) is 5.10 Å². The van der Waals surface area contributed by atoms with Crippen LogP contribution in [0.15, 0.2) is 24.8 Å². The van der Waals surface area contributed by atoms with Crippen LogP contribution in [0.2, 0.25) is 0 Å². The van der Waals surface area contributed by atoms with E-state index in [-0.39, 0.29) is 17.9 Å². The van der Waals surface area contributed by atoms with Crippen LogP contribution in [0.5, 0.6) is 0 Å². The Kier molecular flexibility index (Phi) is 5.38. The van der Waals surface area contributed by atoms with Crippen molar-refractivity contribution in [3.63, 3.8) is 0 Å². The topological polar surface area (TPSA) is 55.6 Å². The van der Waals surface area contributed by atoms with Crippen molar-refractivity contribution in [3.8, 4) is 0 Å². The Labute approximate surface area is 124 Å². The SMILES string of the molecule is CCCNC(Cc1ncnn1C(C)C)c1ccncc1F. The minimum Gasteiger partial charge on any atom is -0.309 e. The van der Waals surface area contributed by atoms with Crippen molar-refractivity contribution >= 4 is 0 Å². The molecule has 1 atom stereocenters. The molecular formula is C15H22FN5. The van der Waals surface area contributed by atoms with Gasteiger partial charge in [-0.15, -0.1) is 0 Å². The Hall–Kier alpha value is -1.82. The standard InChI is InChI=1S/C15H22FN5/c1-4-6-18-14(12-5-7-17-9-13(12)16)8-15-19-10-20-21(15)11(2)3/h5,7,9-11,14,18H,4,6,8H2,1-3H3. The molecule has 0 bridgehead atoms. The molecule has 1 N–H and O–H groups in total. The minimum absolute atomic E-state index is 0.130. The second-order valence-corrected chi connectivity index (χ2v) is 5.32. The zero-order chi connectivity index (χ0) is 15.2. The van der Waals surface area contributed by atoms with Crippen LogP contribution >= 0.6 is 0 Å². The number of pyridine rings is 1. The number of halogens is 1. The van der Waals surface area contributed by atoms with E-state index < -0.39 is 0 Å². The van der Waals surface area contributed by atoms with Crippen molar-refractivity contribution in [1.82, 2.24) is 25.1 Å². The highest BCUT2D eigenvalue weighted by Crippen LogP contribution is 2.21. The molecule has 0 fully saturated rings. The molecule has 2 heterocycles. The molecule has 2 rings (SSSR count). The maximum absolute atomic E-state index is 14.0. The summed E-state index contributed by atoms with van der Waals surface area (Å²) in [6.07, 6.45) is 6.00. The summed E-state index contributed by atoms with van der Waals surface area (Å²) in [4.78, 5) is 8.13. The van der Waals surface area contributed by atoms with E-state index in [1.807, 2.05) is 4.68 Å². The molecule has 0 amide bonds. The molecule has 0 radical (unpaired) electrons. The van der Waals surface area contributed by atoms with Crippen LogP contribution in [0.4, 0.5) is 4.39 Å². The van der Waals surface area contributed by atoms with E-state index in [1.54, 1.807) is 18.6 Å². The van der Waals surface area contributed by atoms with Gasteiger partial charge in [0.2, 0.25) is 0 Å². The lowest BCUT2D eigenvalue weighted by Crippen LogP contribution is -2.26. The maximum Gasteiger partial charge on any atom is 0.146 e. The first-order valence-corrected chi connectivity index (χ1v) is 7.34. The summed E-state index contributed by atoms with van der Waals surface area (Å²) in [5.74, 6) is 0.566. The van der Waals surface area contributed by atoms with Crippen molar-refractivity contribution in [2.24, 2.45) is 0 Å². The number of nitrogens with one attached hydrogen (secondary N) is 1. The summed E-state index contributed by atoms with van der Waals surface area (Å²) in [6, 6.07) is 1.82. The second kappa shape index (κ2) is 7.26. The van der Waals surface area contributed by atoms with Crippen LogP contribution < -0.4 is 5.32 Å². The first kappa shape index (κ1) is 15.6. The Balaban J connectivity index is 2.24.